The monoisotopic (exact) mass is 462 g/mol. The summed E-state index contributed by atoms with van der Waals surface area (Å²) in [6.45, 7) is 1.29. The molecular weight excluding hydrogens is 436 g/mol. The molecule has 0 aliphatic carbocycles. The Morgan fingerprint density at radius 1 is 1.00 bits per heavy atom. The summed E-state index contributed by atoms with van der Waals surface area (Å²) in [6, 6.07) is 14.6. The molecule has 172 valence electrons. The summed E-state index contributed by atoms with van der Waals surface area (Å²) < 4.78 is 33.4. The van der Waals surface area contributed by atoms with E-state index >= 15 is 0 Å². The number of carbonyl (C=O) groups is 2. The van der Waals surface area contributed by atoms with Crippen molar-refractivity contribution in [3.05, 3.63) is 71.8 Å². The van der Waals surface area contributed by atoms with Crippen molar-refractivity contribution >= 4 is 27.6 Å². The molecule has 0 aromatic heterocycles. The number of sulfonamides is 1. The van der Waals surface area contributed by atoms with Crippen molar-refractivity contribution in [3.8, 4) is 0 Å². The maximum absolute atomic E-state index is 13.0. The largest absolute Gasteiger partial charge is 0.478 e. The van der Waals surface area contributed by atoms with Gasteiger partial charge in [0.2, 0.25) is 0 Å². The molecule has 1 heterocycles. The van der Waals surface area contributed by atoms with Crippen LogP contribution in [-0.2, 0) is 24.3 Å². The number of likely N-dealkylation sites (N-methyl/N-ethyl adjacent to an activating group) is 1. The third-order valence-corrected chi connectivity index (χ3v) is 6.44. The van der Waals surface area contributed by atoms with Crippen molar-refractivity contribution in [2.75, 3.05) is 38.6 Å². The van der Waals surface area contributed by atoms with Crippen LogP contribution in [0, 0.1) is 0 Å². The maximum Gasteiger partial charge on any atom is 0.328 e. The number of aliphatic carboxylic acids is 2. The Morgan fingerprint density at radius 3 is 2.09 bits per heavy atom. The zero-order chi connectivity index (χ0) is 23.9. The number of carboxylic acids is 2. The van der Waals surface area contributed by atoms with Crippen molar-refractivity contribution in [2.45, 2.75) is 11.0 Å². The molecular formula is C22H26N2O7S. The summed E-state index contributed by atoms with van der Waals surface area (Å²) in [5.74, 6) is -2.51. The maximum atomic E-state index is 13.0. The Balaban J connectivity index is 0.000000390. The fourth-order valence-electron chi connectivity index (χ4n) is 3.05. The van der Waals surface area contributed by atoms with E-state index in [2.05, 4.69) is 0 Å². The Bertz CT molecular complexity index is 1080. The molecule has 1 aliphatic rings. The van der Waals surface area contributed by atoms with Gasteiger partial charge in [0.25, 0.3) is 10.0 Å². The number of anilines is 1. The van der Waals surface area contributed by atoms with Crippen LogP contribution in [0.15, 0.2) is 65.6 Å². The Kier molecular flexibility index (Phi) is 8.53. The van der Waals surface area contributed by atoms with Gasteiger partial charge in [0, 0.05) is 36.9 Å². The lowest BCUT2D eigenvalue weighted by Gasteiger charge is -2.22. The number of nitrogens with zero attached hydrogens (tertiary/aromatic N) is 2. The van der Waals surface area contributed by atoms with Crippen molar-refractivity contribution in [1.82, 2.24) is 4.90 Å². The number of benzene rings is 2. The number of fused-ring (bicyclic) bond motifs is 2. The van der Waals surface area contributed by atoms with Crippen LogP contribution in [0.5, 0.6) is 0 Å². The third-order valence-electron chi connectivity index (χ3n) is 4.59. The van der Waals surface area contributed by atoms with E-state index in [0.29, 0.717) is 34.9 Å². The van der Waals surface area contributed by atoms with Crippen molar-refractivity contribution in [1.29, 1.82) is 0 Å². The average molecular weight is 463 g/mol. The molecule has 1 unspecified atom stereocenters. The Morgan fingerprint density at radius 2 is 1.53 bits per heavy atom. The van der Waals surface area contributed by atoms with Crippen LogP contribution >= 0.6 is 0 Å². The first-order valence-electron chi connectivity index (χ1n) is 9.62. The fourth-order valence-corrected chi connectivity index (χ4v) is 4.49. The van der Waals surface area contributed by atoms with Crippen molar-refractivity contribution in [3.63, 3.8) is 0 Å². The summed E-state index contributed by atoms with van der Waals surface area (Å²) >= 11 is 0. The van der Waals surface area contributed by atoms with Gasteiger partial charge in [0.05, 0.1) is 17.2 Å². The lowest BCUT2D eigenvalue weighted by atomic mass is 9.99. The first-order valence-corrected chi connectivity index (χ1v) is 11.1. The zero-order valence-electron chi connectivity index (χ0n) is 18.0. The number of ether oxygens (including phenoxy) is 1. The van der Waals surface area contributed by atoms with Crippen molar-refractivity contribution in [2.24, 2.45) is 0 Å². The van der Waals surface area contributed by atoms with Crippen LogP contribution in [0.3, 0.4) is 0 Å². The van der Waals surface area contributed by atoms with Crippen LogP contribution in [0.4, 0.5) is 5.69 Å². The number of carboxylic acid groups (broad SMARTS) is 2. The van der Waals surface area contributed by atoms with Gasteiger partial charge >= 0.3 is 11.9 Å². The van der Waals surface area contributed by atoms with E-state index < -0.39 is 28.1 Å². The highest BCUT2D eigenvalue weighted by Crippen LogP contribution is 2.41. The molecule has 0 amide bonds. The van der Waals surface area contributed by atoms with Gasteiger partial charge in [-0.15, -0.1) is 0 Å². The molecule has 32 heavy (non-hydrogen) atoms. The smallest absolute Gasteiger partial charge is 0.328 e. The first kappa shape index (κ1) is 25.1. The molecule has 0 saturated heterocycles. The Labute approximate surface area is 187 Å². The minimum Gasteiger partial charge on any atom is -0.478 e. The lowest BCUT2D eigenvalue weighted by molar-refractivity contribution is -0.134. The summed E-state index contributed by atoms with van der Waals surface area (Å²) in [6.07, 6.45) is 0.710. The third kappa shape index (κ3) is 6.16. The summed E-state index contributed by atoms with van der Waals surface area (Å²) in [7, 11) is 1.95. The average Bonchev–Trinajstić information content (AvgIpc) is 2.81. The van der Waals surface area contributed by atoms with Gasteiger partial charge in [-0.1, -0.05) is 36.4 Å². The van der Waals surface area contributed by atoms with Crippen LogP contribution in [0.2, 0.25) is 0 Å². The molecule has 1 aliphatic heterocycles. The topological polar surface area (TPSA) is 124 Å². The molecule has 0 saturated carbocycles. The van der Waals surface area contributed by atoms with Gasteiger partial charge in [-0.3, -0.25) is 4.31 Å². The predicted octanol–water partition coefficient (Wildman–Crippen LogP) is 2.20. The quantitative estimate of drug-likeness (QED) is 0.626. The van der Waals surface area contributed by atoms with Crippen LogP contribution < -0.4 is 4.31 Å². The van der Waals surface area contributed by atoms with Gasteiger partial charge in [0.1, 0.15) is 6.10 Å². The van der Waals surface area contributed by atoms with Crippen LogP contribution in [0.25, 0.3) is 0 Å². The van der Waals surface area contributed by atoms with Gasteiger partial charge in [-0.05, 0) is 26.2 Å². The Hall–Kier alpha value is -3.21. The fraction of sp³-hybridized carbons (Fsp3) is 0.273. The minimum absolute atomic E-state index is 0.304. The molecule has 2 aromatic carbocycles. The predicted molar refractivity (Wildman–Crippen MR) is 119 cm³/mol. The highest BCUT2D eigenvalue weighted by molar-refractivity contribution is 7.92. The number of rotatable bonds is 6. The van der Waals surface area contributed by atoms with E-state index in [9.17, 15) is 18.0 Å². The second kappa shape index (κ2) is 10.9. The van der Waals surface area contributed by atoms with E-state index in [4.69, 9.17) is 14.9 Å². The van der Waals surface area contributed by atoms with E-state index in [1.807, 2.05) is 55.4 Å². The standard InChI is InChI=1S/C18H22N2O3S.C4H4O4/c1-19(2)12-13-23-18-14-8-4-6-10-16(14)20(3)24(21,22)17-11-7-5-9-15(17)18;5-3(6)1-2-4(7)8/h4-11,18H,12-13H2,1-3H3;1-2H,(H,5,6)(H,7,8)/b;2-1+. The first-order chi connectivity index (χ1) is 15.1. The molecule has 3 rings (SSSR count). The molecule has 2 N–H and O–H groups in total. The lowest BCUT2D eigenvalue weighted by Crippen LogP contribution is -2.26. The number of hydrogen-bond acceptors (Lipinski definition) is 6. The molecule has 0 spiro atoms. The molecule has 0 radical (unpaired) electrons. The summed E-state index contributed by atoms with van der Waals surface area (Å²) in [4.78, 5) is 21.5. The number of hydrogen-bond donors (Lipinski definition) is 2. The van der Waals surface area contributed by atoms with Crippen molar-refractivity contribution < 1.29 is 33.0 Å². The normalized spacial score (nSPS) is 16.5. The van der Waals surface area contributed by atoms with Gasteiger partial charge < -0.3 is 19.8 Å². The van der Waals surface area contributed by atoms with E-state index in [-0.39, 0.29) is 0 Å². The van der Waals surface area contributed by atoms with E-state index in [0.717, 1.165) is 12.1 Å². The molecule has 10 heteroatoms. The minimum atomic E-state index is -3.60. The van der Waals surface area contributed by atoms with Gasteiger partial charge in [-0.25, -0.2) is 18.0 Å². The van der Waals surface area contributed by atoms with Crippen LogP contribution in [0.1, 0.15) is 17.2 Å². The van der Waals surface area contributed by atoms with Crippen LogP contribution in [-0.4, -0.2) is 69.8 Å². The second-order valence-corrected chi connectivity index (χ2v) is 9.07. The highest BCUT2D eigenvalue weighted by Gasteiger charge is 2.34. The molecule has 1 atom stereocenters. The SMILES string of the molecule is CN(C)CCOC1c2ccccc2N(C)S(=O)(=O)c2ccccc21.O=C(O)/C=C/C(=O)O. The second-order valence-electron chi connectivity index (χ2n) is 7.13. The zero-order valence-corrected chi connectivity index (χ0v) is 18.8. The summed E-state index contributed by atoms with van der Waals surface area (Å²) in [5, 5.41) is 15.6. The molecule has 0 fully saturated rings. The van der Waals surface area contributed by atoms with Gasteiger partial charge in [0.15, 0.2) is 0 Å². The van der Waals surface area contributed by atoms with E-state index in [1.165, 1.54) is 4.31 Å². The number of para-hydroxylation sites is 1. The molecule has 2 aromatic rings. The molecule has 9 nitrogen and oxygen atoms in total. The van der Waals surface area contributed by atoms with E-state index in [1.54, 1.807) is 19.2 Å². The van der Waals surface area contributed by atoms with Gasteiger partial charge in [-0.2, -0.15) is 0 Å². The summed E-state index contributed by atoms with van der Waals surface area (Å²) in [5.41, 5.74) is 2.21. The highest BCUT2D eigenvalue weighted by atomic mass is 32.2. The molecule has 0 bridgehead atoms.